The molecule has 5 heteroatoms. The standard InChI is InChI=1S/C15H20N2O3/c1-11-3-2-4-12(7-11)5-6-16-15(20)17-9-13(10-17)8-14(18)19/h2-4,7,13H,5-6,8-10H2,1H3,(H,16,20)(H,18,19). The minimum absolute atomic E-state index is 0.0979. The molecule has 1 aliphatic rings. The number of benzene rings is 1. The zero-order valence-electron chi connectivity index (χ0n) is 11.6. The van der Waals surface area contributed by atoms with Gasteiger partial charge in [-0.2, -0.15) is 0 Å². The third kappa shape index (κ3) is 3.98. The summed E-state index contributed by atoms with van der Waals surface area (Å²) in [4.78, 5) is 24.0. The second kappa shape index (κ2) is 6.41. The lowest BCUT2D eigenvalue weighted by molar-refractivity contribution is -0.139. The lowest BCUT2D eigenvalue weighted by atomic mass is 9.97. The van der Waals surface area contributed by atoms with E-state index in [2.05, 4.69) is 11.4 Å². The fraction of sp³-hybridized carbons (Fsp3) is 0.467. The highest BCUT2D eigenvalue weighted by Crippen LogP contribution is 2.18. The molecule has 2 rings (SSSR count). The van der Waals surface area contributed by atoms with Crippen molar-refractivity contribution in [3.63, 3.8) is 0 Å². The minimum Gasteiger partial charge on any atom is -0.481 e. The highest BCUT2D eigenvalue weighted by atomic mass is 16.4. The van der Waals surface area contributed by atoms with Crippen LogP contribution in [-0.4, -0.2) is 41.6 Å². The molecule has 0 aliphatic carbocycles. The van der Waals surface area contributed by atoms with Gasteiger partial charge in [0.2, 0.25) is 0 Å². The molecule has 0 bridgehead atoms. The summed E-state index contributed by atoms with van der Waals surface area (Å²) in [5.41, 5.74) is 2.42. The van der Waals surface area contributed by atoms with Gasteiger partial charge >= 0.3 is 12.0 Å². The highest BCUT2D eigenvalue weighted by molar-refractivity contribution is 5.75. The Balaban J connectivity index is 1.65. The Labute approximate surface area is 118 Å². The zero-order valence-corrected chi connectivity index (χ0v) is 11.6. The molecule has 2 amide bonds. The van der Waals surface area contributed by atoms with E-state index in [4.69, 9.17) is 5.11 Å². The molecule has 1 aliphatic heterocycles. The van der Waals surface area contributed by atoms with E-state index in [-0.39, 0.29) is 18.4 Å². The maximum Gasteiger partial charge on any atom is 0.317 e. The van der Waals surface area contributed by atoms with Gasteiger partial charge < -0.3 is 15.3 Å². The number of carboxylic acid groups (broad SMARTS) is 1. The maximum absolute atomic E-state index is 11.8. The van der Waals surface area contributed by atoms with Crippen molar-refractivity contribution in [2.45, 2.75) is 19.8 Å². The predicted octanol–water partition coefficient (Wildman–Crippen LogP) is 1.65. The van der Waals surface area contributed by atoms with E-state index < -0.39 is 5.97 Å². The van der Waals surface area contributed by atoms with Gasteiger partial charge in [0.25, 0.3) is 0 Å². The molecule has 1 aromatic rings. The molecule has 0 aromatic heterocycles. The number of aryl methyl sites for hydroxylation is 1. The number of aliphatic carboxylic acids is 1. The van der Waals surface area contributed by atoms with Crippen LogP contribution in [0.15, 0.2) is 24.3 Å². The molecule has 1 aromatic carbocycles. The first-order valence-corrected chi connectivity index (χ1v) is 6.84. The van der Waals surface area contributed by atoms with Crippen LogP contribution in [0.4, 0.5) is 4.79 Å². The van der Waals surface area contributed by atoms with Crippen LogP contribution >= 0.6 is 0 Å². The fourth-order valence-corrected chi connectivity index (χ4v) is 2.40. The summed E-state index contributed by atoms with van der Waals surface area (Å²) in [6.07, 6.45) is 0.951. The van der Waals surface area contributed by atoms with Gasteiger partial charge in [-0.15, -0.1) is 0 Å². The first-order chi connectivity index (χ1) is 9.54. The van der Waals surface area contributed by atoms with Crippen LogP contribution in [-0.2, 0) is 11.2 Å². The lowest BCUT2D eigenvalue weighted by Crippen LogP contribution is -2.54. The van der Waals surface area contributed by atoms with Crippen molar-refractivity contribution >= 4 is 12.0 Å². The van der Waals surface area contributed by atoms with Crippen LogP contribution in [0.2, 0.25) is 0 Å². The van der Waals surface area contributed by atoms with Gasteiger partial charge in [-0.3, -0.25) is 4.79 Å². The summed E-state index contributed by atoms with van der Waals surface area (Å²) in [5, 5.41) is 11.5. The first-order valence-electron chi connectivity index (χ1n) is 6.84. The van der Waals surface area contributed by atoms with Gasteiger partial charge in [-0.25, -0.2) is 4.79 Å². The number of rotatable bonds is 5. The van der Waals surface area contributed by atoms with Crippen molar-refractivity contribution in [3.05, 3.63) is 35.4 Å². The Morgan fingerprint density at radius 3 is 2.80 bits per heavy atom. The van der Waals surface area contributed by atoms with Crippen molar-refractivity contribution in [3.8, 4) is 0 Å². The van der Waals surface area contributed by atoms with Crippen LogP contribution in [0.3, 0.4) is 0 Å². The number of hydrogen-bond acceptors (Lipinski definition) is 2. The Morgan fingerprint density at radius 1 is 1.40 bits per heavy atom. The summed E-state index contributed by atoms with van der Waals surface area (Å²) >= 11 is 0. The van der Waals surface area contributed by atoms with Gasteiger partial charge in [0.15, 0.2) is 0 Å². The number of carboxylic acids is 1. The van der Waals surface area contributed by atoms with E-state index in [1.807, 2.05) is 25.1 Å². The molecular formula is C15H20N2O3. The number of nitrogens with zero attached hydrogens (tertiary/aromatic N) is 1. The molecule has 1 heterocycles. The minimum atomic E-state index is -0.797. The number of nitrogens with one attached hydrogen (secondary N) is 1. The molecular weight excluding hydrogens is 256 g/mol. The van der Waals surface area contributed by atoms with Crippen molar-refractivity contribution in [2.75, 3.05) is 19.6 Å². The van der Waals surface area contributed by atoms with E-state index in [9.17, 15) is 9.59 Å². The van der Waals surface area contributed by atoms with E-state index in [1.54, 1.807) is 4.90 Å². The van der Waals surface area contributed by atoms with Crippen LogP contribution < -0.4 is 5.32 Å². The van der Waals surface area contributed by atoms with Gasteiger partial charge in [-0.1, -0.05) is 29.8 Å². The average molecular weight is 276 g/mol. The number of carbonyl (C=O) groups excluding carboxylic acids is 1. The third-order valence-corrected chi connectivity index (χ3v) is 3.48. The Hall–Kier alpha value is -2.04. The molecule has 1 fully saturated rings. The van der Waals surface area contributed by atoms with E-state index in [0.29, 0.717) is 19.6 Å². The van der Waals surface area contributed by atoms with E-state index in [1.165, 1.54) is 11.1 Å². The van der Waals surface area contributed by atoms with Crippen LogP contribution in [0, 0.1) is 12.8 Å². The molecule has 0 saturated carbocycles. The molecule has 5 nitrogen and oxygen atoms in total. The SMILES string of the molecule is Cc1cccc(CCNC(=O)N2CC(CC(=O)O)C2)c1. The van der Waals surface area contributed by atoms with Crippen LogP contribution in [0.5, 0.6) is 0 Å². The summed E-state index contributed by atoms with van der Waals surface area (Å²) in [6, 6.07) is 8.12. The normalized spacial score (nSPS) is 14.8. The van der Waals surface area contributed by atoms with E-state index >= 15 is 0 Å². The summed E-state index contributed by atoms with van der Waals surface area (Å²) in [7, 11) is 0. The summed E-state index contributed by atoms with van der Waals surface area (Å²) < 4.78 is 0. The topological polar surface area (TPSA) is 69.6 Å². The average Bonchev–Trinajstić information content (AvgIpc) is 2.33. The number of urea groups is 1. The second-order valence-corrected chi connectivity index (χ2v) is 5.34. The molecule has 0 radical (unpaired) electrons. The molecule has 1 saturated heterocycles. The van der Waals surface area contributed by atoms with Gasteiger partial charge in [0, 0.05) is 25.6 Å². The molecule has 2 N–H and O–H groups in total. The fourth-order valence-electron chi connectivity index (χ4n) is 2.40. The van der Waals surface area contributed by atoms with Crippen molar-refractivity contribution in [1.82, 2.24) is 10.2 Å². The van der Waals surface area contributed by atoms with Crippen molar-refractivity contribution in [1.29, 1.82) is 0 Å². The second-order valence-electron chi connectivity index (χ2n) is 5.34. The number of likely N-dealkylation sites (tertiary alicyclic amines) is 1. The number of hydrogen-bond donors (Lipinski definition) is 2. The smallest absolute Gasteiger partial charge is 0.317 e. The molecule has 20 heavy (non-hydrogen) atoms. The third-order valence-electron chi connectivity index (χ3n) is 3.48. The summed E-state index contributed by atoms with van der Waals surface area (Å²) in [6.45, 7) is 3.73. The zero-order chi connectivity index (χ0) is 14.5. The number of carbonyl (C=O) groups is 2. The lowest BCUT2D eigenvalue weighted by Gasteiger charge is -2.38. The molecule has 0 spiro atoms. The van der Waals surface area contributed by atoms with Crippen LogP contribution in [0.1, 0.15) is 17.5 Å². The van der Waals surface area contributed by atoms with Gasteiger partial charge in [0.05, 0.1) is 6.42 Å². The van der Waals surface area contributed by atoms with Gasteiger partial charge in [-0.05, 0) is 18.9 Å². The highest BCUT2D eigenvalue weighted by Gasteiger charge is 2.31. The predicted molar refractivity (Wildman–Crippen MR) is 75.6 cm³/mol. The Morgan fingerprint density at radius 2 is 2.15 bits per heavy atom. The van der Waals surface area contributed by atoms with Crippen molar-refractivity contribution < 1.29 is 14.7 Å². The molecule has 0 atom stereocenters. The number of amides is 2. The quantitative estimate of drug-likeness (QED) is 0.859. The monoisotopic (exact) mass is 276 g/mol. The largest absolute Gasteiger partial charge is 0.481 e. The van der Waals surface area contributed by atoms with Crippen molar-refractivity contribution in [2.24, 2.45) is 5.92 Å². The Kier molecular flexibility index (Phi) is 4.61. The van der Waals surface area contributed by atoms with Crippen LogP contribution in [0.25, 0.3) is 0 Å². The van der Waals surface area contributed by atoms with E-state index in [0.717, 1.165) is 6.42 Å². The Bertz CT molecular complexity index is 496. The molecule has 108 valence electrons. The van der Waals surface area contributed by atoms with Gasteiger partial charge in [0.1, 0.15) is 0 Å². The molecule has 0 unspecified atom stereocenters. The first kappa shape index (κ1) is 14.4. The summed E-state index contributed by atoms with van der Waals surface area (Å²) in [5.74, 6) is -0.690. The maximum atomic E-state index is 11.8.